The van der Waals surface area contributed by atoms with Gasteiger partial charge in [-0.15, -0.1) is 0 Å². The summed E-state index contributed by atoms with van der Waals surface area (Å²) in [4.78, 5) is 19.2. The van der Waals surface area contributed by atoms with E-state index in [4.69, 9.17) is 4.74 Å². The number of carbonyl (C=O) groups excluding carboxylic acids is 1. The van der Waals surface area contributed by atoms with Crippen LogP contribution in [0.2, 0.25) is 0 Å². The Bertz CT molecular complexity index is 1210. The topological polar surface area (TPSA) is 76.0 Å². The molecule has 0 saturated heterocycles. The van der Waals surface area contributed by atoms with Crippen LogP contribution in [0.4, 0.5) is 0 Å². The van der Waals surface area contributed by atoms with Gasteiger partial charge in [-0.2, -0.15) is 0 Å². The second-order valence-electron chi connectivity index (χ2n) is 8.61. The monoisotopic (exact) mass is 466 g/mol. The lowest BCUT2D eigenvalue weighted by Gasteiger charge is -2.36. The number of nitrogens with zero attached hydrogens (tertiary/aromatic N) is 2. The molecule has 2 aliphatic rings. The Labute approximate surface area is 195 Å². The molecular formula is C26H30N2O4S. The molecule has 1 amide bonds. The number of benzene rings is 2. The van der Waals surface area contributed by atoms with Gasteiger partial charge in [0, 0.05) is 49.7 Å². The summed E-state index contributed by atoms with van der Waals surface area (Å²) in [6.07, 6.45) is 7.63. The molecule has 33 heavy (non-hydrogen) atoms. The highest BCUT2D eigenvalue weighted by Crippen LogP contribution is 2.43. The number of hydrogen-bond acceptors (Lipinski definition) is 5. The third-order valence-corrected chi connectivity index (χ3v) is 7.45. The van der Waals surface area contributed by atoms with Gasteiger partial charge in [0.1, 0.15) is 11.4 Å². The van der Waals surface area contributed by atoms with E-state index in [2.05, 4.69) is 11.1 Å². The maximum Gasteiger partial charge on any atom is 0.253 e. The Morgan fingerprint density at radius 1 is 1.12 bits per heavy atom. The minimum atomic E-state index is -3.37. The van der Waals surface area contributed by atoms with Crippen molar-refractivity contribution in [3.05, 3.63) is 65.2 Å². The van der Waals surface area contributed by atoms with E-state index in [-0.39, 0.29) is 10.8 Å². The molecule has 2 aromatic carbocycles. The first kappa shape index (κ1) is 23.2. The van der Waals surface area contributed by atoms with Crippen LogP contribution in [-0.2, 0) is 9.84 Å². The molecule has 1 spiro atoms. The predicted octanol–water partition coefficient (Wildman–Crippen LogP) is 4.39. The van der Waals surface area contributed by atoms with Crippen molar-refractivity contribution in [1.82, 2.24) is 4.90 Å². The zero-order chi connectivity index (χ0) is 23.6. The Morgan fingerprint density at radius 2 is 1.85 bits per heavy atom. The lowest BCUT2D eigenvalue weighted by molar-refractivity contribution is 0.0773. The average Bonchev–Trinajstić information content (AvgIpc) is 3.03. The zero-order valence-corrected chi connectivity index (χ0v) is 20.2. The highest BCUT2D eigenvalue weighted by atomic mass is 32.2. The van der Waals surface area contributed by atoms with Gasteiger partial charge in [-0.1, -0.05) is 12.1 Å². The van der Waals surface area contributed by atoms with Gasteiger partial charge in [-0.3, -0.25) is 9.79 Å². The molecule has 0 aliphatic carbocycles. The SMILES string of the molecule is CCN(CC)C(=O)c1ccc(C2=CC3(CC=NCCC3)Oc3ccc(S(C)(=O)=O)cc32)cc1. The minimum Gasteiger partial charge on any atom is -0.482 e. The second kappa shape index (κ2) is 9.14. The van der Waals surface area contributed by atoms with Crippen LogP contribution in [0.15, 0.2) is 58.4 Å². The molecule has 0 N–H and O–H groups in total. The fraction of sp³-hybridized carbons (Fsp3) is 0.385. The van der Waals surface area contributed by atoms with Crippen LogP contribution in [0.1, 0.15) is 54.6 Å². The lowest BCUT2D eigenvalue weighted by Crippen LogP contribution is -2.36. The zero-order valence-electron chi connectivity index (χ0n) is 19.4. The van der Waals surface area contributed by atoms with E-state index in [1.165, 1.54) is 6.26 Å². The fourth-order valence-electron chi connectivity index (χ4n) is 4.46. The summed E-state index contributed by atoms with van der Waals surface area (Å²) in [5.41, 5.74) is 2.69. The lowest BCUT2D eigenvalue weighted by atomic mass is 9.84. The van der Waals surface area contributed by atoms with E-state index in [9.17, 15) is 13.2 Å². The Balaban J connectivity index is 1.81. The molecule has 2 aromatic rings. The molecule has 7 heteroatoms. The largest absolute Gasteiger partial charge is 0.482 e. The highest BCUT2D eigenvalue weighted by Gasteiger charge is 2.36. The number of fused-ring (bicyclic) bond motifs is 1. The van der Waals surface area contributed by atoms with E-state index in [1.807, 2.05) is 44.3 Å². The number of amides is 1. The predicted molar refractivity (Wildman–Crippen MR) is 131 cm³/mol. The Hall–Kier alpha value is -2.93. The molecule has 2 aliphatic heterocycles. The molecule has 1 atom stereocenters. The van der Waals surface area contributed by atoms with Gasteiger partial charge < -0.3 is 9.64 Å². The minimum absolute atomic E-state index is 0.00344. The molecule has 1 unspecified atom stereocenters. The first-order chi connectivity index (χ1) is 15.8. The fourth-order valence-corrected chi connectivity index (χ4v) is 5.11. The highest BCUT2D eigenvalue weighted by molar-refractivity contribution is 7.90. The van der Waals surface area contributed by atoms with E-state index >= 15 is 0 Å². The molecular weight excluding hydrogens is 436 g/mol. The van der Waals surface area contributed by atoms with Crippen LogP contribution >= 0.6 is 0 Å². The summed E-state index contributed by atoms with van der Waals surface area (Å²) < 4.78 is 30.9. The summed E-state index contributed by atoms with van der Waals surface area (Å²) in [7, 11) is -3.37. The van der Waals surface area contributed by atoms with Crippen molar-refractivity contribution in [2.24, 2.45) is 4.99 Å². The number of ether oxygens (including phenoxy) is 1. The van der Waals surface area contributed by atoms with E-state index in [1.54, 1.807) is 23.1 Å². The molecule has 0 saturated carbocycles. The number of aliphatic imine (C=N–C) groups is 1. The molecule has 4 rings (SSSR count). The number of carbonyl (C=O) groups is 1. The number of hydrogen-bond donors (Lipinski definition) is 0. The standard InChI is InChI=1S/C26H30N2O4S/c1-4-28(5-2)25(29)20-9-7-19(8-10-20)23-18-26(13-6-15-27-16-14-26)32-24-12-11-21(17-22(23)24)33(3,30)31/h7-12,16-18H,4-6,13-15H2,1-3H3. The quantitative estimate of drug-likeness (QED) is 0.655. The van der Waals surface area contributed by atoms with Gasteiger partial charge in [0.05, 0.1) is 4.90 Å². The molecule has 0 fully saturated rings. The van der Waals surface area contributed by atoms with Crippen molar-refractivity contribution in [1.29, 1.82) is 0 Å². The summed E-state index contributed by atoms with van der Waals surface area (Å²) in [6, 6.07) is 12.6. The maximum absolute atomic E-state index is 12.7. The van der Waals surface area contributed by atoms with Crippen LogP contribution < -0.4 is 4.74 Å². The van der Waals surface area contributed by atoms with Crippen LogP contribution in [0.5, 0.6) is 5.75 Å². The Kier molecular flexibility index (Phi) is 6.43. The average molecular weight is 467 g/mol. The summed E-state index contributed by atoms with van der Waals surface area (Å²) in [5.74, 6) is 0.669. The first-order valence-electron chi connectivity index (χ1n) is 11.4. The summed E-state index contributed by atoms with van der Waals surface area (Å²) >= 11 is 0. The van der Waals surface area contributed by atoms with Crippen molar-refractivity contribution in [2.45, 2.75) is 43.6 Å². The van der Waals surface area contributed by atoms with Crippen LogP contribution in [0.25, 0.3) is 5.57 Å². The van der Waals surface area contributed by atoms with Crippen molar-refractivity contribution < 1.29 is 17.9 Å². The van der Waals surface area contributed by atoms with E-state index in [0.29, 0.717) is 30.8 Å². The normalized spacial score (nSPS) is 19.9. The van der Waals surface area contributed by atoms with Gasteiger partial charge >= 0.3 is 0 Å². The molecule has 0 radical (unpaired) electrons. The van der Waals surface area contributed by atoms with Gasteiger partial charge in [0.2, 0.25) is 0 Å². The molecule has 174 valence electrons. The van der Waals surface area contributed by atoms with Crippen molar-refractivity contribution in [2.75, 3.05) is 25.9 Å². The molecule has 2 heterocycles. The van der Waals surface area contributed by atoms with Crippen molar-refractivity contribution in [3.8, 4) is 5.75 Å². The maximum atomic E-state index is 12.7. The van der Waals surface area contributed by atoms with Crippen LogP contribution in [0.3, 0.4) is 0 Å². The summed E-state index contributed by atoms with van der Waals surface area (Å²) in [6.45, 7) is 6.02. The summed E-state index contributed by atoms with van der Waals surface area (Å²) in [5, 5.41) is 0. The van der Waals surface area contributed by atoms with Crippen LogP contribution in [-0.4, -0.2) is 56.9 Å². The molecule has 6 nitrogen and oxygen atoms in total. The van der Waals surface area contributed by atoms with Gasteiger partial charge in [-0.05, 0) is 74.2 Å². The van der Waals surface area contributed by atoms with E-state index < -0.39 is 15.4 Å². The smallest absolute Gasteiger partial charge is 0.253 e. The van der Waals surface area contributed by atoms with Gasteiger partial charge in [0.25, 0.3) is 5.91 Å². The van der Waals surface area contributed by atoms with Gasteiger partial charge in [-0.25, -0.2) is 8.42 Å². The Morgan fingerprint density at radius 3 is 2.52 bits per heavy atom. The van der Waals surface area contributed by atoms with Crippen LogP contribution in [0, 0.1) is 0 Å². The third kappa shape index (κ3) is 4.74. The second-order valence-corrected chi connectivity index (χ2v) is 10.6. The molecule has 0 bridgehead atoms. The first-order valence-corrected chi connectivity index (χ1v) is 13.3. The van der Waals surface area contributed by atoms with Crippen molar-refractivity contribution >= 4 is 27.5 Å². The van der Waals surface area contributed by atoms with Gasteiger partial charge in [0.15, 0.2) is 9.84 Å². The molecule has 0 aromatic heterocycles. The third-order valence-electron chi connectivity index (χ3n) is 6.34. The van der Waals surface area contributed by atoms with Crippen molar-refractivity contribution in [3.63, 3.8) is 0 Å². The number of sulfone groups is 1. The van der Waals surface area contributed by atoms with E-state index in [0.717, 1.165) is 36.1 Å². The number of rotatable bonds is 5.